The van der Waals surface area contributed by atoms with Crippen molar-refractivity contribution in [2.24, 2.45) is 0 Å². The molecular formula is C17H25N3O6S. The summed E-state index contributed by atoms with van der Waals surface area (Å²) in [4.78, 5) is 23.1. The summed E-state index contributed by atoms with van der Waals surface area (Å²) in [7, 11) is -0.875. The highest BCUT2D eigenvalue weighted by atomic mass is 32.2. The molecule has 150 valence electrons. The monoisotopic (exact) mass is 399 g/mol. The van der Waals surface area contributed by atoms with E-state index >= 15 is 0 Å². The number of unbranched alkanes of at least 4 members (excludes halogenated alkanes) is 1. The Morgan fingerprint density at radius 3 is 2.56 bits per heavy atom. The van der Waals surface area contributed by atoms with Crippen LogP contribution >= 0.6 is 0 Å². The highest BCUT2D eigenvalue weighted by molar-refractivity contribution is 7.89. The minimum absolute atomic E-state index is 0.0122. The summed E-state index contributed by atoms with van der Waals surface area (Å²) < 4.78 is 37.0. The Kier molecular flexibility index (Phi) is 7.43. The fourth-order valence-corrected chi connectivity index (χ4v) is 3.64. The molecule has 1 aliphatic rings. The number of carbonyl (C=O) groups excluding carboxylic acids is 2. The van der Waals surface area contributed by atoms with Crippen LogP contribution in [0.5, 0.6) is 5.75 Å². The molecule has 2 rings (SSSR count). The molecule has 1 fully saturated rings. The Balaban J connectivity index is 1.92. The molecule has 0 saturated heterocycles. The van der Waals surface area contributed by atoms with Crippen molar-refractivity contribution in [2.75, 3.05) is 26.1 Å². The maximum absolute atomic E-state index is 12.3. The van der Waals surface area contributed by atoms with Gasteiger partial charge in [0.1, 0.15) is 5.75 Å². The molecular weight excluding hydrogens is 374 g/mol. The highest BCUT2D eigenvalue weighted by Gasteiger charge is 2.28. The maximum Gasteiger partial charge on any atom is 0.319 e. The second-order valence-electron chi connectivity index (χ2n) is 6.17. The van der Waals surface area contributed by atoms with Crippen LogP contribution in [0.3, 0.4) is 0 Å². The predicted octanol–water partition coefficient (Wildman–Crippen LogP) is 1.60. The maximum atomic E-state index is 12.3. The van der Waals surface area contributed by atoms with Crippen LogP contribution in [0.2, 0.25) is 0 Å². The third-order valence-corrected chi connectivity index (χ3v) is 5.47. The average Bonchev–Trinajstić information content (AvgIpc) is 3.44. The number of esters is 1. The quantitative estimate of drug-likeness (QED) is 0.406. The van der Waals surface area contributed by atoms with Crippen LogP contribution in [0.1, 0.15) is 32.1 Å². The molecule has 1 aromatic carbocycles. The molecule has 10 heteroatoms. The van der Waals surface area contributed by atoms with Crippen LogP contribution in [0.15, 0.2) is 23.1 Å². The van der Waals surface area contributed by atoms with E-state index in [2.05, 4.69) is 20.1 Å². The Morgan fingerprint density at radius 1 is 1.19 bits per heavy atom. The van der Waals surface area contributed by atoms with Gasteiger partial charge in [0.05, 0.1) is 24.8 Å². The zero-order valence-electron chi connectivity index (χ0n) is 15.4. The van der Waals surface area contributed by atoms with Crippen molar-refractivity contribution in [1.82, 2.24) is 10.0 Å². The van der Waals surface area contributed by atoms with Crippen molar-refractivity contribution in [3.63, 3.8) is 0 Å². The van der Waals surface area contributed by atoms with Crippen molar-refractivity contribution >= 4 is 27.7 Å². The molecule has 0 unspecified atom stereocenters. The number of benzene rings is 1. The van der Waals surface area contributed by atoms with Crippen molar-refractivity contribution in [3.05, 3.63) is 18.2 Å². The van der Waals surface area contributed by atoms with E-state index in [4.69, 9.17) is 4.74 Å². The first kappa shape index (κ1) is 21.0. The fourth-order valence-electron chi connectivity index (χ4n) is 2.31. The largest absolute Gasteiger partial charge is 0.495 e. The van der Waals surface area contributed by atoms with Gasteiger partial charge in [-0.2, -0.15) is 0 Å². The zero-order chi connectivity index (χ0) is 19.9. The molecule has 27 heavy (non-hydrogen) atoms. The lowest BCUT2D eigenvalue weighted by atomic mass is 10.2. The number of methoxy groups -OCH3 is 2. The normalized spacial score (nSPS) is 13.7. The highest BCUT2D eigenvalue weighted by Crippen LogP contribution is 2.29. The van der Waals surface area contributed by atoms with Crippen molar-refractivity contribution in [1.29, 1.82) is 0 Å². The second-order valence-corrected chi connectivity index (χ2v) is 7.89. The van der Waals surface area contributed by atoms with Crippen LogP contribution in [-0.4, -0.2) is 47.2 Å². The minimum atomic E-state index is -3.64. The summed E-state index contributed by atoms with van der Waals surface area (Å²) in [5, 5.41) is 5.25. The van der Waals surface area contributed by atoms with E-state index < -0.39 is 16.1 Å². The third kappa shape index (κ3) is 6.72. The van der Waals surface area contributed by atoms with Crippen LogP contribution in [-0.2, 0) is 19.6 Å². The SMILES string of the molecule is COC(=O)CCCCNC(=O)Nc1cc(S(=O)(=O)NC2CC2)ccc1OC. The summed E-state index contributed by atoms with van der Waals surface area (Å²) in [5.41, 5.74) is 0.253. The van der Waals surface area contributed by atoms with Crippen molar-refractivity contribution in [3.8, 4) is 5.75 Å². The van der Waals surface area contributed by atoms with Gasteiger partial charge in [-0.1, -0.05) is 0 Å². The van der Waals surface area contributed by atoms with Gasteiger partial charge in [-0.3, -0.25) is 4.79 Å². The molecule has 1 aliphatic carbocycles. The van der Waals surface area contributed by atoms with Crippen LogP contribution in [0.25, 0.3) is 0 Å². The lowest BCUT2D eigenvalue weighted by Crippen LogP contribution is -2.30. The number of urea groups is 1. The Labute approximate surface area is 158 Å². The lowest BCUT2D eigenvalue weighted by Gasteiger charge is -2.13. The molecule has 0 aliphatic heterocycles. The number of rotatable bonds is 10. The summed E-state index contributed by atoms with van der Waals surface area (Å²) in [6.07, 6.45) is 3.16. The van der Waals surface area contributed by atoms with Gasteiger partial charge < -0.3 is 20.1 Å². The van der Waals surface area contributed by atoms with Gasteiger partial charge in [-0.15, -0.1) is 0 Å². The predicted molar refractivity (Wildman–Crippen MR) is 99.2 cm³/mol. The summed E-state index contributed by atoms with van der Waals surface area (Å²) in [5.74, 6) is 0.0585. The number of nitrogens with one attached hydrogen (secondary N) is 3. The molecule has 0 bridgehead atoms. The van der Waals surface area contributed by atoms with E-state index in [1.165, 1.54) is 32.4 Å². The molecule has 0 aromatic heterocycles. The summed E-state index contributed by atoms with van der Waals surface area (Å²) in [6, 6.07) is 3.78. The number of anilines is 1. The zero-order valence-corrected chi connectivity index (χ0v) is 16.2. The molecule has 0 heterocycles. The van der Waals surface area contributed by atoms with E-state index in [0.29, 0.717) is 31.6 Å². The first-order valence-electron chi connectivity index (χ1n) is 8.67. The van der Waals surface area contributed by atoms with Gasteiger partial charge in [-0.05, 0) is 43.9 Å². The first-order chi connectivity index (χ1) is 12.9. The van der Waals surface area contributed by atoms with Gasteiger partial charge in [0.2, 0.25) is 10.0 Å². The second kappa shape index (κ2) is 9.56. The molecule has 2 amide bonds. The van der Waals surface area contributed by atoms with E-state index in [0.717, 1.165) is 12.8 Å². The summed E-state index contributed by atoms with van der Waals surface area (Å²) in [6.45, 7) is 0.367. The minimum Gasteiger partial charge on any atom is -0.495 e. The van der Waals surface area contributed by atoms with Gasteiger partial charge in [-0.25, -0.2) is 17.9 Å². The van der Waals surface area contributed by atoms with Gasteiger partial charge in [0, 0.05) is 19.0 Å². The van der Waals surface area contributed by atoms with Crippen LogP contribution in [0, 0.1) is 0 Å². The first-order valence-corrected chi connectivity index (χ1v) is 10.2. The van der Waals surface area contributed by atoms with E-state index in [-0.39, 0.29) is 22.6 Å². The van der Waals surface area contributed by atoms with Crippen LogP contribution in [0.4, 0.5) is 10.5 Å². The van der Waals surface area contributed by atoms with Crippen LogP contribution < -0.4 is 20.1 Å². The number of hydrogen-bond acceptors (Lipinski definition) is 6. The number of ether oxygens (including phenoxy) is 2. The number of carbonyl (C=O) groups is 2. The summed E-state index contributed by atoms with van der Waals surface area (Å²) >= 11 is 0. The van der Waals surface area contributed by atoms with Gasteiger partial charge in [0.15, 0.2) is 0 Å². The fraction of sp³-hybridized carbons (Fsp3) is 0.529. The molecule has 0 spiro atoms. The van der Waals surface area contributed by atoms with Gasteiger partial charge in [0.25, 0.3) is 0 Å². The van der Waals surface area contributed by atoms with E-state index in [9.17, 15) is 18.0 Å². The average molecular weight is 399 g/mol. The smallest absolute Gasteiger partial charge is 0.319 e. The standard InChI is InChI=1S/C17H25N3O6S/c1-25-15-9-8-13(27(23,24)20-12-6-7-12)11-14(15)19-17(22)18-10-4-3-5-16(21)26-2/h8-9,11-12,20H,3-7,10H2,1-2H3,(H2,18,19,22). The molecule has 0 atom stereocenters. The molecule has 0 radical (unpaired) electrons. The Bertz CT molecular complexity index is 777. The van der Waals surface area contributed by atoms with Crippen molar-refractivity contribution < 1.29 is 27.5 Å². The van der Waals surface area contributed by atoms with Crippen molar-refractivity contribution in [2.45, 2.75) is 43.0 Å². The number of sulfonamides is 1. The molecule has 3 N–H and O–H groups in total. The molecule has 9 nitrogen and oxygen atoms in total. The van der Waals surface area contributed by atoms with Gasteiger partial charge >= 0.3 is 12.0 Å². The third-order valence-electron chi connectivity index (χ3n) is 3.95. The molecule has 1 aromatic rings. The Morgan fingerprint density at radius 2 is 1.93 bits per heavy atom. The van der Waals surface area contributed by atoms with E-state index in [1.54, 1.807) is 0 Å². The van der Waals surface area contributed by atoms with E-state index in [1.807, 2.05) is 0 Å². The topological polar surface area (TPSA) is 123 Å². The lowest BCUT2D eigenvalue weighted by molar-refractivity contribution is -0.140. The number of hydrogen-bond donors (Lipinski definition) is 3. The Hall–Kier alpha value is -2.33. The molecule has 1 saturated carbocycles. The number of amides is 2.